The summed E-state index contributed by atoms with van der Waals surface area (Å²) in [7, 11) is 3.60. The highest BCUT2D eigenvalue weighted by Gasteiger charge is 2.30. The highest BCUT2D eigenvalue weighted by molar-refractivity contribution is 6.06. The molecule has 0 spiro atoms. The molecule has 5 nitrogen and oxygen atoms in total. The maximum atomic E-state index is 12.6. The first-order valence-electron chi connectivity index (χ1n) is 8.71. The molecule has 8 heteroatoms. The molecule has 0 heterocycles. The number of hydrogen-bond acceptors (Lipinski definition) is 3. The van der Waals surface area contributed by atoms with E-state index in [1.165, 1.54) is 0 Å². The van der Waals surface area contributed by atoms with Gasteiger partial charge in [-0.15, -0.1) is 0 Å². The van der Waals surface area contributed by atoms with Crippen LogP contribution in [0.4, 0.5) is 24.5 Å². The first kappa shape index (κ1) is 21.3. The summed E-state index contributed by atoms with van der Waals surface area (Å²) in [4.78, 5) is 26.5. The van der Waals surface area contributed by atoms with Gasteiger partial charge in [-0.25, -0.2) is 0 Å². The van der Waals surface area contributed by atoms with Gasteiger partial charge in [-0.2, -0.15) is 13.2 Å². The van der Waals surface area contributed by atoms with Crippen molar-refractivity contribution in [3.05, 3.63) is 59.2 Å². The predicted molar refractivity (Wildman–Crippen MR) is 103 cm³/mol. The number of hydrogen-bond donors (Lipinski definition) is 2. The summed E-state index contributed by atoms with van der Waals surface area (Å²) >= 11 is 0. The van der Waals surface area contributed by atoms with Crippen molar-refractivity contribution >= 4 is 23.2 Å². The molecule has 28 heavy (non-hydrogen) atoms. The van der Waals surface area contributed by atoms with Gasteiger partial charge in [-0.3, -0.25) is 9.59 Å². The van der Waals surface area contributed by atoms with Crippen LogP contribution in [0.25, 0.3) is 0 Å². The zero-order valence-corrected chi connectivity index (χ0v) is 15.9. The lowest BCUT2D eigenvalue weighted by Crippen LogP contribution is -2.26. The van der Waals surface area contributed by atoms with Crippen molar-refractivity contribution in [3.63, 3.8) is 0 Å². The Morgan fingerprint density at radius 3 is 2.18 bits per heavy atom. The highest BCUT2D eigenvalue weighted by Crippen LogP contribution is 2.29. The van der Waals surface area contributed by atoms with Crippen molar-refractivity contribution in [2.24, 2.45) is 0 Å². The molecule has 0 bridgehead atoms. The van der Waals surface area contributed by atoms with E-state index >= 15 is 0 Å². The summed E-state index contributed by atoms with van der Waals surface area (Å²) in [6, 6.07) is 8.81. The van der Waals surface area contributed by atoms with Gasteiger partial charge in [0.05, 0.1) is 11.1 Å². The standard InChI is InChI=1S/C20H22F3N3O2/c1-4-11-24-19(28)16-12-15(9-10-17(16)26(2)3)25-18(27)13-5-7-14(8-6-13)20(21,22)23/h5-10,12H,4,11H2,1-3H3,(H,24,28)(H,25,27). The Labute approximate surface area is 161 Å². The van der Waals surface area contributed by atoms with Gasteiger partial charge in [-0.05, 0) is 48.9 Å². The van der Waals surface area contributed by atoms with E-state index in [2.05, 4.69) is 10.6 Å². The average Bonchev–Trinajstić information content (AvgIpc) is 2.65. The minimum absolute atomic E-state index is 0.0849. The van der Waals surface area contributed by atoms with E-state index in [0.717, 1.165) is 30.7 Å². The largest absolute Gasteiger partial charge is 0.416 e. The maximum Gasteiger partial charge on any atom is 0.416 e. The molecule has 2 amide bonds. The van der Waals surface area contributed by atoms with Gasteiger partial charge in [0.1, 0.15) is 0 Å². The Kier molecular flexibility index (Phi) is 6.66. The van der Waals surface area contributed by atoms with Crippen LogP contribution in [0.5, 0.6) is 0 Å². The SMILES string of the molecule is CCCNC(=O)c1cc(NC(=O)c2ccc(C(F)(F)F)cc2)ccc1N(C)C. The van der Waals surface area contributed by atoms with Gasteiger partial charge in [0.2, 0.25) is 0 Å². The van der Waals surface area contributed by atoms with Crippen LogP contribution in [-0.2, 0) is 6.18 Å². The van der Waals surface area contributed by atoms with E-state index < -0.39 is 17.6 Å². The fourth-order valence-corrected chi connectivity index (χ4v) is 2.53. The third-order valence-electron chi connectivity index (χ3n) is 3.99. The van der Waals surface area contributed by atoms with Gasteiger partial charge in [0, 0.05) is 37.6 Å². The molecular weight excluding hydrogens is 371 g/mol. The van der Waals surface area contributed by atoms with Crippen molar-refractivity contribution in [1.82, 2.24) is 5.32 Å². The molecule has 0 fully saturated rings. The molecule has 0 unspecified atom stereocenters. The third kappa shape index (κ3) is 5.25. The molecule has 0 radical (unpaired) electrons. The predicted octanol–water partition coefficient (Wildman–Crippen LogP) is 4.16. The van der Waals surface area contributed by atoms with Crippen LogP contribution in [0, 0.1) is 0 Å². The first-order chi connectivity index (χ1) is 13.1. The molecule has 150 valence electrons. The smallest absolute Gasteiger partial charge is 0.377 e. The van der Waals surface area contributed by atoms with Crippen LogP contribution >= 0.6 is 0 Å². The van der Waals surface area contributed by atoms with Crippen molar-refractivity contribution in [2.75, 3.05) is 30.9 Å². The Morgan fingerprint density at radius 1 is 1.00 bits per heavy atom. The normalized spacial score (nSPS) is 11.1. The lowest BCUT2D eigenvalue weighted by molar-refractivity contribution is -0.137. The van der Waals surface area contributed by atoms with Gasteiger partial charge < -0.3 is 15.5 Å². The molecule has 0 saturated carbocycles. The summed E-state index contributed by atoms with van der Waals surface area (Å²) in [5.74, 6) is -0.831. The van der Waals surface area contributed by atoms with Crippen LogP contribution in [0.2, 0.25) is 0 Å². The number of benzene rings is 2. The minimum Gasteiger partial charge on any atom is -0.377 e. The average molecular weight is 393 g/mol. The number of alkyl halides is 3. The number of carbonyl (C=O) groups excluding carboxylic acids is 2. The Balaban J connectivity index is 2.23. The zero-order valence-electron chi connectivity index (χ0n) is 15.9. The monoisotopic (exact) mass is 393 g/mol. The molecule has 0 aliphatic carbocycles. The fourth-order valence-electron chi connectivity index (χ4n) is 2.53. The highest BCUT2D eigenvalue weighted by atomic mass is 19.4. The Hall–Kier alpha value is -3.03. The molecule has 2 N–H and O–H groups in total. The quantitative estimate of drug-likeness (QED) is 0.775. The zero-order chi connectivity index (χ0) is 20.9. The lowest BCUT2D eigenvalue weighted by atomic mass is 10.1. The molecular formula is C20H22F3N3O2. The second kappa shape index (κ2) is 8.77. The van der Waals surface area contributed by atoms with Crippen molar-refractivity contribution in [2.45, 2.75) is 19.5 Å². The van der Waals surface area contributed by atoms with Gasteiger partial charge in [0.25, 0.3) is 11.8 Å². The van der Waals surface area contributed by atoms with E-state index in [1.54, 1.807) is 37.2 Å². The second-order valence-corrected chi connectivity index (χ2v) is 6.41. The van der Waals surface area contributed by atoms with Crippen LogP contribution in [-0.4, -0.2) is 32.5 Å². The number of amides is 2. The third-order valence-corrected chi connectivity index (χ3v) is 3.99. The number of anilines is 2. The van der Waals surface area contributed by atoms with Crippen LogP contribution in [0.15, 0.2) is 42.5 Å². The number of nitrogens with zero attached hydrogens (tertiary/aromatic N) is 1. The van der Waals surface area contributed by atoms with Crippen LogP contribution in [0.3, 0.4) is 0 Å². The number of carbonyl (C=O) groups is 2. The maximum absolute atomic E-state index is 12.6. The fraction of sp³-hybridized carbons (Fsp3) is 0.300. The molecule has 2 aromatic carbocycles. The summed E-state index contributed by atoms with van der Waals surface area (Å²) in [6.45, 7) is 2.46. The van der Waals surface area contributed by atoms with Crippen molar-refractivity contribution in [3.8, 4) is 0 Å². The number of nitrogens with one attached hydrogen (secondary N) is 2. The van der Waals surface area contributed by atoms with E-state index in [4.69, 9.17) is 0 Å². The number of halogens is 3. The van der Waals surface area contributed by atoms with Gasteiger partial charge in [-0.1, -0.05) is 6.92 Å². The summed E-state index contributed by atoms with van der Waals surface area (Å²) in [5, 5.41) is 5.41. The lowest BCUT2D eigenvalue weighted by Gasteiger charge is -2.18. The first-order valence-corrected chi connectivity index (χ1v) is 8.71. The summed E-state index contributed by atoms with van der Waals surface area (Å²) < 4.78 is 37.9. The van der Waals surface area contributed by atoms with Crippen LogP contribution < -0.4 is 15.5 Å². The Bertz CT molecular complexity index is 847. The van der Waals surface area contributed by atoms with Crippen molar-refractivity contribution in [1.29, 1.82) is 0 Å². The molecule has 2 rings (SSSR count). The van der Waals surface area contributed by atoms with E-state index in [1.807, 2.05) is 6.92 Å². The molecule has 0 aliphatic rings. The molecule has 0 atom stereocenters. The number of rotatable bonds is 6. The molecule has 0 aromatic heterocycles. The summed E-state index contributed by atoms with van der Waals surface area (Å²) in [6.07, 6.45) is -3.68. The Morgan fingerprint density at radius 2 is 1.64 bits per heavy atom. The van der Waals surface area contributed by atoms with E-state index in [0.29, 0.717) is 23.5 Å². The topological polar surface area (TPSA) is 61.4 Å². The molecule has 2 aromatic rings. The molecule has 0 saturated heterocycles. The van der Waals surface area contributed by atoms with Crippen LogP contribution in [0.1, 0.15) is 39.6 Å². The minimum atomic E-state index is -4.46. The van der Waals surface area contributed by atoms with E-state index in [9.17, 15) is 22.8 Å². The van der Waals surface area contributed by atoms with E-state index in [-0.39, 0.29) is 11.5 Å². The van der Waals surface area contributed by atoms with Gasteiger partial charge in [0.15, 0.2) is 0 Å². The molecule has 0 aliphatic heterocycles. The van der Waals surface area contributed by atoms with Gasteiger partial charge >= 0.3 is 6.18 Å². The second-order valence-electron chi connectivity index (χ2n) is 6.41. The van der Waals surface area contributed by atoms with Crippen molar-refractivity contribution < 1.29 is 22.8 Å². The summed E-state index contributed by atoms with van der Waals surface area (Å²) in [5.41, 5.74) is 0.706.